The van der Waals surface area contributed by atoms with Gasteiger partial charge in [0.15, 0.2) is 5.82 Å². The van der Waals surface area contributed by atoms with Gasteiger partial charge in [-0.1, -0.05) is 0 Å². The summed E-state index contributed by atoms with van der Waals surface area (Å²) in [7, 11) is 0. The maximum Gasteiger partial charge on any atom is 0.293 e. The molecule has 0 radical (unpaired) electrons. The Morgan fingerprint density at radius 3 is 2.81 bits per heavy atom. The Labute approximate surface area is 130 Å². The first-order valence-electron chi connectivity index (χ1n) is 7.92. The van der Waals surface area contributed by atoms with Gasteiger partial charge in [0.1, 0.15) is 0 Å². The third kappa shape index (κ3) is 3.43. The lowest BCUT2D eigenvalue weighted by molar-refractivity contribution is 0.377. The zero-order valence-corrected chi connectivity index (χ0v) is 13.4. The van der Waals surface area contributed by atoms with E-state index in [1.165, 1.54) is 17.9 Å². The lowest BCUT2D eigenvalue weighted by atomic mass is 10.0. The molecule has 0 saturated carbocycles. The number of piperidine rings is 1. The molecule has 6 heteroatoms. The average molecular weight is 308 g/mol. The molecule has 2 saturated heterocycles. The molecular formula is C15H24N4OS. The second-order valence-electron chi connectivity index (χ2n) is 5.83. The van der Waals surface area contributed by atoms with Crippen LogP contribution in [-0.4, -0.2) is 46.2 Å². The second-order valence-corrected chi connectivity index (χ2v) is 6.98. The van der Waals surface area contributed by atoms with Crippen molar-refractivity contribution in [2.24, 2.45) is 0 Å². The topological polar surface area (TPSA) is 50.2 Å². The van der Waals surface area contributed by atoms with E-state index in [0.717, 1.165) is 25.9 Å². The normalized spacial score (nSPS) is 23.7. The summed E-state index contributed by atoms with van der Waals surface area (Å²) in [6.07, 6.45) is 7.00. The molecule has 0 bridgehead atoms. The molecule has 0 aliphatic carbocycles. The molecule has 1 aromatic heterocycles. The number of hydrogen-bond acceptors (Lipinski definition) is 5. The van der Waals surface area contributed by atoms with E-state index in [9.17, 15) is 4.79 Å². The minimum atomic E-state index is 0.0404. The third-order valence-electron chi connectivity index (χ3n) is 4.43. The summed E-state index contributed by atoms with van der Waals surface area (Å²) >= 11 is 2.05. The van der Waals surface area contributed by atoms with Gasteiger partial charge in [-0.2, -0.15) is 11.8 Å². The molecule has 2 aliphatic rings. The van der Waals surface area contributed by atoms with E-state index in [0.29, 0.717) is 24.4 Å². The van der Waals surface area contributed by atoms with Gasteiger partial charge in [0, 0.05) is 49.9 Å². The van der Waals surface area contributed by atoms with Crippen LogP contribution in [0.15, 0.2) is 17.2 Å². The van der Waals surface area contributed by atoms with E-state index in [4.69, 9.17) is 0 Å². The number of aromatic nitrogens is 2. The molecule has 21 heavy (non-hydrogen) atoms. The SMILES string of the molecule is CCn1ccnc(N2CCC(N[C@H]3CCSC3)CC2)c1=O. The predicted octanol–water partition coefficient (Wildman–Crippen LogP) is 1.33. The molecule has 5 nitrogen and oxygen atoms in total. The first kappa shape index (κ1) is 14.9. The Morgan fingerprint density at radius 2 is 2.14 bits per heavy atom. The van der Waals surface area contributed by atoms with Gasteiger partial charge in [0.2, 0.25) is 0 Å². The van der Waals surface area contributed by atoms with Crippen molar-refractivity contribution < 1.29 is 0 Å². The van der Waals surface area contributed by atoms with E-state index in [1.54, 1.807) is 17.0 Å². The molecule has 3 rings (SSSR count). The number of nitrogens with one attached hydrogen (secondary N) is 1. The second kappa shape index (κ2) is 6.83. The van der Waals surface area contributed by atoms with Crippen LogP contribution in [0.5, 0.6) is 0 Å². The highest BCUT2D eigenvalue weighted by atomic mass is 32.2. The summed E-state index contributed by atoms with van der Waals surface area (Å²) in [6, 6.07) is 1.29. The van der Waals surface area contributed by atoms with Gasteiger partial charge in [0.25, 0.3) is 5.56 Å². The summed E-state index contributed by atoms with van der Waals surface area (Å²) in [5, 5.41) is 3.78. The molecule has 116 valence electrons. The van der Waals surface area contributed by atoms with Crippen molar-refractivity contribution in [2.45, 2.75) is 44.8 Å². The standard InChI is InChI=1S/C15H24N4OS/c1-2-18-9-6-16-14(15(18)20)19-7-3-12(4-8-19)17-13-5-10-21-11-13/h6,9,12-13,17H,2-5,7-8,10-11H2,1H3/t13-/m0/s1. The molecule has 1 aromatic rings. The fourth-order valence-corrected chi connectivity index (χ4v) is 4.32. The van der Waals surface area contributed by atoms with Crippen LogP contribution in [0.3, 0.4) is 0 Å². The fraction of sp³-hybridized carbons (Fsp3) is 0.733. The number of thioether (sulfide) groups is 1. The highest BCUT2D eigenvalue weighted by molar-refractivity contribution is 7.99. The van der Waals surface area contributed by atoms with Gasteiger partial charge < -0.3 is 14.8 Å². The van der Waals surface area contributed by atoms with Gasteiger partial charge in [0.05, 0.1) is 0 Å². The van der Waals surface area contributed by atoms with Crippen LogP contribution < -0.4 is 15.8 Å². The van der Waals surface area contributed by atoms with Crippen molar-refractivity contribution >= 4 is 17.6 Å². The molecule has 0 aromatic carbocycles. The van der Waals surface area contributed by atoms with Gasteiger partial charge in [-0.15, -0.1) is 0 Å². The minimum absolute atomic E-state index is 0.0404. The first-order chi connectivity index (χ1) is 10.3. The third-order valence-corrected chi connectivity index (χ3v) is 5.59. The van der Waals surface area contributed by atoms with Crippen LogP contribution in [-0.2, 0) is 6.54 Å². The monoisotopic (exact) mass is 308 g/mol. The molecule has 1 atom stereocenters. The van der Waals surface area contributed by atoms with E-state index in [-0.39, 0.29) is 5.56 Å². The van der Waals surface area contributed by atoms with Gasteiger partial charge in [-0.3, -0.25) is 4.79 Å². The number of aryl methyl sites for hydroxylation is 1. The summed E-state index contributed by atoms with van der Waals surface area (Å²) in [5.74, 6) is 3.16. The van der Waals surface area contributed by atoms with Gasteiger partial charge in [-0.25, -0.2) is 4.98 Å². The quantitative estimate of drug-likeness (QED) is 0.909. The van der Waals surface area contributed by atoms with E-state index in [1.807, 2.05) is 18.7 Å². The van der Waals surface area contributed by atoms with E-state index in [2.05, 4.69) is 15.2 Å². The van der Waals surface area contributed by atoms with Crippen LogP contribution in [0.25, 0.3) is 0 Å². The zero-order chi connectivity index (χ0) is 14.7. The highest BCUT2D eigenvalue weighted by Gasteiger charge is 2.25. The van der Waals surface area contributed by atoms with Crippen LogP contribution >= 0.6 is 11.8 Å². The number of hydrogen-bond donors (Lipinski definition) is 1. The molecule has 2 fully saturated rings. The summed E-state index contributed by atoms with van der Waals surface area (Å²) in [5.41, 5.74) is 0.0404. The van der Waals surface area contributed by atoms with Crippen LogP contribution in [0.4, 0.5) is 5.82 Å². The number of nitrogens with zero attached hydrogens (tertiary/aromatic N) is 3. The maximum atomic E-state index is 12.3. The fourth-order valence-electron chi connectivity index (χ4n) is 3.16. The molecular weight excluding hydrogens is 284 g/mol. The van der Waals surface area contributed by atoms with Crippen molar-refractivity contribution in [1.29, 1.82) is 0 Å². The van der Waals surface area contributed by atoms with Crippen molar-refractivity contribution in [3.05, 3.63) is 22.7 Å². The van der Waals surface area contributed by atoms with Gasteiger partial charge >= 0.3 is 0 Å². The van der Waals surface area contributed by atoms with Crippen molar-refractivity contribution in [3.8, 4) is 0 Å². The average Bonchev–Trinajstić information content (AvgIpc) is 3.01. The molecule has 0 unspecified atom stereocenters. The molecule has 3 heterocycles. The first-order valence-corrected chi connectivity index (χ1v) is 9.07. The molecule has 0 amide bonds. The van der Waals surface area contributed by atoms with Crippen LogP contribution in [0.2, 0.25) is 0 Å². The van der Waals surface area contributed by atoms with E-state index >= 15 is 0 Å². The Bertz CT molecular complexity index is 519. The Morgan fingerprint density at radius 1 is 1.33 bits per heavy atom. The summed E-state index contributed by atoms with van der Waals surface area (Å²) in [6.45, 7) is 4.54. The Kier molecular flexibility index (Phi) is 4.85. The highest BCUT2D eigenvalue weighted by Crippen LogP contribution is 2.20. The van der Waals surface area contributed by atoms with Crippen molar-refractivity contribution in [1.82, 2.24) is 14.9 Å². The zero-order valence-electron chi connectivity index (χ0n) is 12.6. The van der Waals surface area contributed by atoms with Crippen LogP contribution in [0.1, 0.15) is 26.2 Å². The number of rotatable bonds is 4. The van der Waals surface area contributed by atoms with Crippen molar-refractivity contribution in [3.63, 3.8) is 0 Å². The lowest BCUT2D eigenvalue weighted by Gasteiger charge is -2.34. The summed E-state index contributed by atoms with van der Waals surface area (Å²) < 4.78 is 1.72. The molecule has 1 N–H and O–H groups in total. The molecule has 0 spiro atoms. The lowest BCUT2D eigenvalue weighted by Crippen LogP contribution is -2.47. The Hall–Kier alpha value is -1.01. The van der Waals surface area contributed by atoms with Gasteiger partial charge in [-0.05, 0) is 31.9 Å². The number of anilines is 1. The van der Waals surface area contributed by atoms with Crippen molar-refractivity contribution in [2.75, 3.05) is 29.5 Å². The predicted molar refractivity (Wildman–Crippen MR) is 88.3 cm³/mol. The molecule has 2 aliphatic heterocycles. The Balaban J connectivity index is 1.59. The smallest absolute Gasteiger partial charge is 0.293 e. The van der Waals surface area contributed by atoms with E-state index < -0.39 is 0 Å². The largest absolute Gasteiger partial charge is 0.352 e. The van der Waals surface area contributed by atoms with Crippen LogP contribution in [0, 0.1) is 0 Å². The summed E-state index contributed by atoms with van der Waals surface area (Å²) in [4.78, 5) is 18.8. The minimum Gasteiger partial charge on any atom is -0.352 e. The maximum absolute atomic E-state index is 12.3.